The number of hydrogen-bond acceptors (Lipinski definition) is 2. The van der Waals surface area contributed by atoms with E-state index in [2.05, 4.69) is 68.4 Å². The zero-order valence-electron chi connectivity index (χ0n) is 14.2. The van der Waals surface area contributed by atoms with Gasteiger partial charge in [0.2, 0.25) is 0 Å². The van der Waals surface area contributed by atoms with Gasteiger partial charge >= 0.3 is 0 Å². The van der Waals surface area contributed by atoms with E-state index >= 15 is 0 Å². The molecule has 0 unspecified atom stereocenters. The molecule has 0 aliphatic carbocycles. The highest BCUT2D eigenvalue weighted by atomic mass is 79.9. The summed E-state index contributed by atoms with van der Waals surface area (Å²) in [5.41, 5.74) is 4.55. The van der Waals surface area contributed by atoms with E-state index in [0.717, 1.165) is 38.1 Å². The molecule has 1 N–H and O–H groups in total. The van der Waals surface area contributed by atoms with Crippen LogP contribution in [0.25, 0.3) is 0 Å². The Kier molecular flexibility index (Phi) is 6.63. The molecule has 2 nitrogen and oxygen atoms in total. The van der Waals surface area contributed by atoms with Crippen LogP contribution in [0.15, 0.2) is 69.6 Å². The molecule has 0 aliphatic rings. The predicted molar refractivity (Wildman–Crippen MR) is 116 cm³/mol. The fraction of sp³-hybridized carbons (Fsp3) is 0.143. The molecule has 0 aliphatic heterocycles. The first-order chi connectivity index (χ1) is 12.5. The maximum Gasteiger partial charge on any atom is 0.148 e. The predicted octanol–water partition coefficient (Wildman–Crippen LogP) is 7.36. The van der Waals surface area contributed by atoms with Gasteiger partial charge in [0.15, 0.2) is 0 Å². The first kappa shape index (κ1) is 19.3. The third kappa shape index (κ3) is 5.03. The first-order valence-corrected chi connectivity index (χ1v) is 10.1. The molecular weight excluding hydrogens is 477 g/mol. The number of ether oxygens (including phenoxy) is 1. The molecule has 0 fully saturated rings. The van der Waals surface area contributed by atoms with E-state index < -0.39 is 0 Å². The van der Waals surface area contributed by atoms with Crippen molar-refractivity contribution in [2.45, 2.75) is 20.1 Å². The highest BCUT2D eigenvalue weighted by Gasteiger charge is 2.10. The maximum absolute atomic E-state index is 6.03. The van der Waals surface area contributed by atoms with E-state index in [4.69, 9.17) is 16.3 Å². The lowest BCUT2D eigenvalue weighted by atomic mass is 10.1. The monoisotopic (exact) mass is 493 g/mol. The van der Waals surface area contributed by atoms with Crippen molar-refractivity contribution in [2.24, 2.45) is 0 Å². The molecule has 0 atom stereocenters. The number of nitrogens with one attached hydrogen (secondary N) is 1. The van der Waals surface area contributed by atoms with Crippen molar-refractivity contribution in [1.82, 2.24) is 0 Å². The summed E-state index contributed by atoms with van der Waals surface area (Å²) >= 11 is 13.3. The summed E-state index contributed by atoms with van der Waals surface area (Å²) in [7, 11) is 0. The molecule has 3 rings (SSSR count). The van der Waals surface area contributed by atoms with Gasteiger partial charge in [-0.25, -0.2) is 0 Å². The number of rotatable bonds is 6. The van der Waals surface area contributed by atoms with Gasteiger partial charge in [-0.15, -0.1) is 0 Å². The Hall–Kier alpha value is -1.49. The highest BCUT2D eigenvalue weighted by Crippen LogP contribution is 2.35. The van der Waals surface area contributed by atoms with Crippen LogP contribution in [0.2, 0.25) is 5.02 Å². The Morgan fingerprint density at radius 2 is 1.65 bits per heavy atom. The summed E-state index contributed by atoms with van der Waals surface area (Å²) in [4.78, 5) is 0. The van der Waals surface area contributed by atoms with Crippen LogP contribution in [0.4, 0.5) is 5.69 Å². The van der Waals surface area contributed by atoms with Gasteiger partial charge < -0.3 is 10.1 Å². The average molecular weight is 496 g/mol. The molecule has 3 aromatic rings. The van der Waals surface area contributed by atoms with Gasteiger partial charge in [-0.05, 0) is 85.8 Å². The van der Waals surface area contributed by atoms with Gasteiger partial charge in [0.05, 0.1) is 8.95 Å². The summed E-state index contributed by atoms with van der Waals surface area (Å²) in [5, 5.41) is 4.18. The summed E-state index contributed by atoms with van der Waals surface area (Å²) in [6, 6.07) is 20.1. The largest absolute Gasteiger partial charge is 0.487 e. The summed E-state index contributed by atoms with van der Waals surface area (Å²) in [6.45, 7) is 3.29. The maximum atomic E-state index is 6.03. The summed E-state index contributed by atoms with van der Waals surface area (Å²) in [5.74, 6) is 0.782. The van der Waals surface area contributed by atoms with E-state index in [-0.39, 0.29) is 0 Å². The van der Waals surface area contributed by atoms with E-state index in [1.807, 2.05) is 36.4 Å². The lowest BCUT2D eigenvalue weighted by Crippen LogP contribution is -2.02. The highest BCUT2D eigenvalue weighted by molar-refractivity contribution is 9.11. The molecular formula is C21H18Br2ClNO. The normalized spacial score (nSPS) is 10.6. The van der Waals surface area contributed by atoms with Crippen LogP contribution in [-0.4, -0.2) is 0 Å². The number of hydrogen-bond donors (Lipinski definition) is 1. The van der Waals surface area contributed by atoms with Crippen LogP contribution in [0.3, 0.4) is 0 Å². The lowest BCUT2D eigenvalue weighted by molar-refractivity contribution is 0.302. The third-order valence-electron chi connectivity index (χ3n) is 3.96. The molecule has 134 valence electrons. The second kappa shape index (κ2) is 8.94. The Bertz CT molecular complexity index is 891. The van der Waals surface area contributed by atoms with Crippen molar-refractivity contribution in [2.75, 3.05) is 5.32 Å². The minimum atomic E-state index is 0.457. The summed E-state index contributed by atoms with van der Waals surface area (Å²) < 4.78 is 7.80. The number of benzene rings is 3. The quantitative estimate of drug-likeness (QED) is 0.386. The van der Waals surface area contributed by atoms with Crippen LogP contribution in [0.1, 0.15) is 16.7 Å². The van der Waals surface area contributed by atoms with Crippen molar-refractivity contribution in [3.8, 4) is 5.75 Å². The molecule has 0 spiro atoms. The van der Waals surface area contributed by atoms with E-state index in [1.54, 1.807) is 0 Å². The minimum Gasteiger partial charge on any atom is -0.487 e. The van der Waals surface area contributed by atoms with Crippen LogP contribution in [0, 0.1) is 6.92 Å². The molecule has 0 heterocycles. The number of anilines is 1. The first-order valence-electron chi connectivity index (χ1n) is 8.17. The standard InChI is InChI=1S/C21H18Br2ClNO/c1-14-5-2-3-8-20(14)25-12-16-10-18(22)21(19(23)11-16)26-13-15-6-4-7-17(24)9-15/h2-11,25H,12-13H2,1H3. The van der Waals surface area contributed by atoms with Crippen LogP contribution < -0.4 is 10.1 Å². The third-order valence-corrected chi connectivity index (χ3v) is 5.37. The number of para-hydroxylation sites is 1. The molecule has 3 aromatic carbocycles. The minimum absolute atomic E-state index is 0.457. The van der Waals surface area contributed by atoms with Crippen LogP contribution in [0.5, 0.6) is 5.75 Å². The van der Waals surface area contributed by atoms with E-state index in [9.17, 15) is 0 Å². The van der Waals surface area contributed by atoms with Crippen molar-refractivity contribution in [3.05, 3.63) is 91.3 Å². The Morgan fingerprint density at radius 1 is 0.923 bits per heavy atom. The second-order valence-corrected chi connectivity index (χ2v) is 8.12. The molecule has 0 saturated heterocycles. The Labute approximate surface area is 175 Å². The Morgan fingerprint density at radius 3 is 2.35 bits per heavy atom. The summed E-state index contributed by atoms with van der Waals surface area (Å²) in [6.07, 6.45) is 0. The number of aryl methyl sites for hydroxylation is 1. The van der Waals surface area contributed by atoms with Gasteiger partial charge in [0.25, 0.3) is 0 Å². The molecule has 26 heavy (non-hydrogen) atoms. The molecule has 0 amide bonds. The Balaban J connectivity index is 1.69. The zero-order valence-corrected chi connectivity index (χ0v) is 18.2. The lowest BCUT2D eigenvalue weighted by Gasteiger charge is -2.14. The average Bonchev–Trinajstić information content (AvgIpc) is 2.60. The SMILES string of the molecule is Cc1ccccc1NCc1cc(Br)c(OCc2cccc(Cl)c2)c(Br)c1. The van der Waals surface area contributed by atoms with Gasteiger partial charge in [-0.2, -0.15) is 0 Å². The van der Waals surface area contributed by atoms with Gasteiger partial charge in [-0.1, -0.05) is 41.9 Å². The smallest absolute Gasteiger partial charge is 0.148 e. The zero-order chi connectivity index (χ0) is 18.5. The molecule has 0 bridgehead atoms. The fourth-order valence-electron chi connectivity index (χ4n) is 2.60. The van der Waals surface area contributed by atoms with Gasteiger partial charge in [0.1, 0.15) is 12.4 Å². The fourth-order valence-corrected chi connectivity index (χ4v) is 4.33. The van der Waals surface area contributed by atoms with E-state index in [1.165, 1.54) is 5.56 Å². The molecule has 0 radical (unpaired) electrons. The molecule has 0 saturated carbocycles. The van der Waals surface area contributed by atoms with Crippen molar-refractivity contribution in [3.63, 3.8) is 0 Å². The number of halogens is 3. The molecule has 5 heteroatoms. The topological polar surface area (TPSA) is 21.3 Å². The van der Waals surface area contributed by atoms with Gasteiger partial charge in [0, 0.05) is 17.3 Å². The molecule has 0 aromatic heterocycles. The van der Waals surface area contributed by atoms with Gasteiger partial charge in [-0.3, -0.25) is 0 Å². The van der Waals surface area contributed by atoms with Crippen LogP contribution in [-0.2, 0) is 13.2 Å². The van der Waals surface area contributed by atoms with Crippen molar-refractivity contribution < 1.29 is 4.74 Å². The van der Waals surface area contributed by atoms with Crippen molar-refractivity contribution >= 4 is 49.1 Å². The van der Waals surface area contributed by atoms with E-state index in [0.29, 0.717) is 11.6 Å². The van der Waals surface area contributed by atoms with Crippen molar-refractivity contribution in [1.29, 1.82) is 0 Å². The van der Waals surface area contributed by atoms with Crippen LogP contribution >= 0.6 is 43.5 Å². The second-order valence-electron chi connectivity index (χ2n) is 5.98.